The van der Waals surface area contributed by atoms with E-state index in [0.29, 0.717) is 22.1 Å². The Labute approximate surface area is 434 Å². The molecule has 62 heavy (non-hydrogen) atoms. The van der Waals surface area contributed by atoms with Crippen molar-refractivity contribution in [2.45, 2.75) is 9.79 Å². The molecule has 0 aromatic heterocycles. The van der Waals surface area contributed by atoms with Gasteiger partial charge in [0.05, 0.1) is 24.8 Å². The van der Waals surface area contributed by atoms with Crippen molar-refractivity contribution in [3.8, 4) is 23.0 Å². The molecule has 4 rings (SSSR count). The van der Waals surface area contributed by atoms with Gasteiger partial charge in [-0.3, -0.25) is 9.11 Å². The largest absolute Gasteiger partial charge is 1.00 e. The molecule has 5 N–H and O–H groups in total. The zero-order valence-electron chi connectivity index (χ0n) is 33.0. The van der Waals surface area contributed by atoms with Gasteiger partial charge in [0.15, 0.2) is 19.7 Å². The fourth-order valence-corrected chi connectivity index (χ4v) is 5.84. The van der Waals surface area contributed by atoms with Crippen molar-refractivity contribution in [1.82, 2.24) is 0 Å². The summed E-state index contributed by atoms with van der Waals surface area (Å²) in [6, 6.07) is 14.0. The molecular formula is C29H30CuN5Na3O19S5-2. The van der Waals surface area contributed by atoms with Crippen LogP contribution in [0.2, 0.25) is 0 Å². The van der Waals surface area contributed by atoms with Crippen LogP contribution >= 0.6 is 0 Å². The quantitative estimate of drug-likeness (QED) is 0.0307. The maximum atomic E-state index is 12.4. The fraction of sp³-hybridized carbons (Fsp3) is 0.172. The Balaban J connectivity index is -0.000000813. The standard InChI is InChI=1S/C29H28N5O8S2.Cu.3Na.2H2O4S.O3S/c1-6-43(37,38)17-8-13-25(41-4)23(14-17)33-34-28-18-9-12-21(29(36)19(18)10-11-20(28)30-3)31-32-22-15-26(42-5)27(16-24(22)35)44(39,40)7-2;;;;;2*1-5(2,3)4;1-4(2)3/h8-11,13-16,30,35-36H,1-2,6-7H2,3-5H3;;;;;2*(H2,1,2,3,4);/q-3;;3*+1;;;/p-2. The molecule has 0 atom stereocenters. The van der Waals surface area contributed by atoms with Gasteiger partial charge in [0.25, 0.3) is 0 Å². The van der Waals surface area contributed by atoms with Gasteiger partial charge in [-0.25, -0.2) is 33.7 Å². The van der Waals surface area contributed by atoms with Gasteiger partial charge in [0, 0.05) is 53.4 Å². The third-order valence-electron chi connectivity index (χ3n) is 6.48. The number of hydrogen-bond acceptors (Lipinski definition) is 22. The van der Waals surface area contributed by atoms with E-state index in [2.05, 4.69) is 45.7 Å². The van der Waals surface area contributed by atoms with Gasteiger partial charge < -0.3 is 48.0 Å². The van der Waals surface area contributed by atoms with Crippen LogP contribution in [0.5, 0.6) is 23.0 Å². The van der Waals surface area contributed by atoms with Crippen molar-refractivity contribution < 1.29 is 190 Å². The van der Waals surface area contributed by atoms with Crippen LogP contribution in [0.1, 0.15) is 0 Å². The number of fused-ring (bicyclic) bond motifs is 1. The van der Waals surface area contributed by atoms with E-state index in [4.69, 9.17) is 57.1 Å². The topological polar surface area (TPSA) is 395 Å². The van der Waals surface area contributed by atoms with Crippen LogP contribution in [0.25, 0.3) is 10.8 Å². The first-order valence-electron chi connectivity index (χ1n) is 14.6. The summed E-state index contributed by atoms with van der Waals surface area (Å²) in [7, 11) is -16.0. The molecule has 0 saturated heterocycles. The number of benzene rings is 4. The van der Waals surface area contributed by atoms with Crippen molar-refractivity contribution >= 4 is 90.3 Å². The molecule has 0 aliphatic carbocycles. The Morgan fingerprint density at radius 1 is 0.726 bits per heavy atom. The van der Waals surface area contributed by atoms with E-state index < -0.39 is 62.6 Å². The number of nitrogens with one attached hydrogen (secondary N) is 1. The number of sulfone groups is 2. The molecule has 0 bridgehead atoms. The second-order valence-corrected chi connectivity index (χ2v) is 16.4. The van der Waals surface area contributed by atoms with Crippen molar-refractivity contribution in [2.24, 2.45) is 20.5 Å². The molecule has 0 unspecified atom stereocenters. The van der Waals surface area contributed by atoms with Gasteiger partial charge in [-0.1, -0.05) is 28.3 Å². The molecule has 0 heterocycles. The summed E-state index contributed by atoms with van der Waals surface area (Å²) in [6.45, 7) is 6.86. The average molecular weight is 1050 g/mol. The molecule has 24 nitrogen and oxygen atoms in total. The first-order chi connectivity index (χ1) is 26.6. The van der Waals surface area contributed by atoms with Crippen molar-refractivity contribution in [3.63, 3.8) is 0 Å². The predicted molar refractivity (Wildman–Crippen MR) is 199 cm³/mol. The molecule has 4 aromatic carbocycles. The number of nitrogens with zero attached hydrogens (tertiary/aromatic N) is 4. The maximum Gasteiger partial charge on any atom is 1.00 e. The summed E-state index contributed by atoms with van der Waals surface area (Å²) in [5.74, 6) is -1.35. The number of azo groups is 2. The summed E-state index contributed by atoms with van der Waals surface area (Å²) in [4.78, 5) is -0.237. The molecule has 0 aliphatic heterocycles. The smallest absolute Gasteiger partial charge is 0.726 e. The van der Waals surface area contributed by atoms with E-state index in [1.54, 1.807) is 19.2 Å². The number of phenolic OH excluding ortho intramolecular Hbond substituents is 2. The summed E-state index contributed by atoms with van der Waals surface area (Å²) in [5.41, 5.74) is 0.798. The number of ether oxygens (including phenoxy) is 2. The third-order valence-corrected chi connectivity index (χ3v) is 9.51. The van der Waals surface area contributed by atoms with Crippen LogP contribution in [0.3, 0.4) is 0 Å². The SMILES string of the molecule is O=S(=O)([O-])O.O=S(=O)([O-])O.O=S(=O)=O.[CH2-]CS(=O)(=O)c1ccc(OC)c(N=Nc2c(NC)ccc3c(O)c(N=Nc4cc(OC)c(S(=O)(=O)C[CH2-])cc4O)[c-]cc23)c1.[Cu].[Na+].[Na+].[Na+]. The second-order valence-electron chi connectivity index (χ2n) is 10.1. The molecule has 1 radical (unpaired) electrons. The van der Waals surface area contributed by atoms with E-state index in [0.717, 1.165) is 6.07 Å². The van der Waals surface area contributed by atoms with Crippen LogP contribution in [0.4, 0.5) is 28.4 Å². The Bertz CT molecular complexity index is 2720. The molecule has 33 heteroatoms. The summed E-state index contributed by atoms with van der Waals surface area (Å²) in [6.07, 6.45) is 0. The van der Waals surface area contributed by atoms with E-state index in [-0.39, 0.29) is 156 Å². The van der Waals surface area contributed by atoms with Gasteiger partial charge in [0.1, 0.15) is 33.5 Å². The minimum Gasteiger partial charge on any atom is -0.726 e. The minimum absolute atomic E-state index is 0. The number of anilines is 1. The normalized spacial score (nSPS) is 11.0. The van der Waals surface area contributed by atoms with Gasteiger partial charge >= 0.3 is 99.3 Å². The molecule has 331 valence electrons. The fourth-order valence-electron chi connectivity index (χ4n) is 4.08. The van der Waals surface area contributed by atoms with Crippen molar-refractivity contribution in [1.29, 1.82) is 0 Å². The zero-order chi connectivity index (χ0) is 44.8. The second kappa shape index (κ2) is 29.6. The first-order valence-corrected chi connectivity index (χ1v) is 21.6. The zero-order valence-corrected chi connectivity index (χ0v) is 44.0. The van der Waals surface area contributed by atoms with Crippen LogP contribution < -0.4 is 103 Å². The van der Waals surface area contributed by atoms with E-state index in [1.807, 2.05) is 0 Å². The van der Waals surface area contributed by atoms with E-state index in [9.17, 15) is 27.0 Å². The molecular weight excluding hydrogens is 1020 g/mol. The maximum absolute atomic E-state index is 12.4. The van der Waals surface area contributed by atoms with Gasteiger partial charge in [0.2, 0.25) is 20.8 Å². The Kier molecular flexibility index (Phi) is 31.9. The first kappa shape index (κ1) is 66.7. The average Bonchev–Trinajstić information content (AvgIpc) is 3.12. The number of aromatic hydroxyl groups is 2. The summed E-state index contributed by atoms with van der Waals surface area (Å²) >= 11 is 0. The molecule has 4 aromatic rings. The van der Waals surface area contributed by atoms with Gasteiger partial charge in [-0.15, -0.1) is 22.9 Å². The van der Waals surface area contributed by atoms with E-state index in [1.165, 1.54) is 44.6 Å². The predicted octanol–water partition coefficient (Wildman–Crippen LogP) is -5.83. The van der Waals surface area contributed by atoms with Crippen LogP contribution in [0.15, 0.2) is 78.8 Å². The van der Waals surface area contributed by atoms with Crippen LogP contribution in [-0.2, 0) is 68.1 Å². The van der Waals surface area contributed by atoms with Crippen LogP contribution in [-0.4, -0.2) is 107 Å². The van der Waals surface area contributed by atoms with Crippen LogP contribution in [0, 0.1) is 19.9 Å². The molecule has 0 saturated carbocycles. The van der Waals surface area contributed by atoms with Gasteiger partial charge in [-0.05, 0) is 24.3 Å². The number of phenols is 2. The number of methoxy groups -OCH3 is 2. The van der Waals surface area contributed by atoms with Crippen molar-refractivity contribution in [3.05, 3.63) is 68.4 Å². The Morgan fingerprint density at radius 3 is 1.66 bits per heavy atom. The number of hydrogen-bond donors (Lipinski definition) is 5. The Hall–Kier alpha value is -1.88. The van der Waals surface area contributed by atoms with Gasteiger partial charge in [-0.2, -0.15) is 22.4 Å². The monoisotopic (exact) mass is 1040 g/mol. The number of rotatable bonds is 11. The molecule has 0 spiro atoms. The molecule has 0 fully saturated rings. The van der Waals surface area contributed by atoms with Crippen molar-refractivity contribution in [2.75, 3.05) is 38.1 Å². The molecule has 0 amide bonds. The summed E-state index contributed by atoms with van der Waals surface area (Å²) < 4.78 is 151. The Morgan fingerprint density at radius 2 is 1.21 bits per heavy atom. The summed E-state index contributed by atoms with van der Waals surface area (Å²) in [5, 5.41) is 41.7. The minimum atomic E-state index is -4.92. The molecule has 0 aliphatic rings. The van der Waals surface area contributed by atoms with E-state index >= 15 is 0 Å². The third kappa shape index (κ3) is 22.8.